The molecule has 2 N–H and O–H groups in total. The second-order valence-electron chi connectivity index (χ2n) is 6.13. The summed E-state index contributed by atoms with van der Waals surface area (Å²) in [4.78, 5) is 39.1. The lowest BCUT2D eigenvalue weighted by molar-refractivity contribution is -0.144. The van der Waals surface area contributed by atoms with Crippen molar-refractivity contribution in [3.63, 3.8) is 0 Å². The number of carbonyl (C=O) groups excluding carboxylic acids is 3. The van der Waals surface area contributed by atoms with Crippen LogP contribution in [0, 0.1) is 23.3 Å². The van der Waals surface area contributed by atoms with Crippen molar-refractivity contribution >= 4 is 23.4 Å². The average molecular weight is 369 g/mol. The molecular formula is C18H19N5O4. The smallest absolute Gasteiger partial charge is 0.441 e. The first-order chi connectivity index (χ1) is 13.0. The minimum absolute atomic E-state index is 0.0665. The molecule has 0 spiro atoms. The number of rotatable bonds is 9. The van der Waals surface area contributed by atoms with Crippen LogP contribution in [0.5, 0.6) is 0 Å². The quantitative estimate of drug-likeness (QED) is 0.0731. The standard InChI is InChI=1S/C18H19N5O4/c1-11(14-13(17(25)22-14)7-8-21-10-19)16(24)15(23-20)18(26)27-9-12-5-3-2-4-6-12/h2-6,11,13-14,21H,7-9H2,1H3,(H,22,25)/t11-,13-,14-/m1/s1. The van der Waals surface area contributed by atoms with Gasteiger partial charge in [-0.1, -0.05) is 37.3 Å². The molecule has 9 nitrogen and oxygen atoms in total. The van der Waals surface area contributed by atoms with Gasteiger partial charge in [0.1, 0.15) is 6.61 Å². The summed E-state index contributed by atoms with van der Waals surface area (Å²) in [5, 5.41) is 13.5. The Morgan fingerprint density at radius 3 is 2.70 bits per heavy atom. The molecule has 1 aliphatic rings. The number of carbonyl (C=O) groups is 3. The van der Waals surface area contributed by atoms with Crippen LogP contribution in [0.25, 0.3) is 5.53 Å². The number of nitrogens with one attached hydrogen (secondary N) is 2. The van der Waals surface area contributed by atoms with Crippen molar-refractivity contribution in [2.24, 2.45) is 11.8 Å². The monoisotopic (exact) mass is 369 g/mol. The Balaban J connectivity index is 1.97. The first-order valence-electron chi connectivity index (χ1n) is 8.39. The number of Topliss-reactive ketones (excluding diaryl/α,β-unsaturated/α-hetero) is 1. The number of nitrogens with zero attached hydrogens (tertiary/aromatic N) is 3. The molecule has 0 saturated carbocycles. The summed E-state index contributed by atoms with van der Waals surface area (Å²) in [6, 6.07) is 8.35. The molecule has 1 aromatic carbocycles. The summed E-state index contributed by atoms with van der Waals surface area (Å²) in [5.74, 6) is -3.24. The molecule has 3 atom stereocenters. The van der Waals surface area contributed by atoms with Gasteiger partial charge in [0.2, 0.25) is 5.91 Å². The Kier molecular flexibility index (Phi) is 6.80. The Morgan fingerprint density at radius 2 is 2.11 bits per heavy atom. The van der Waals surface area contributed by atoms with Crippen LogP contribution >= 0.6 is 0 Å². The first-order valence-corrected chi connectivity index (χ1v) is 8.39. The predicted molar refractivity (Wildman–Crippen MR) is 92.7 cm³/mol. The molecular weight excluding hydrogens is 350 g/mol. The van der Waals surface area contributed by atoms with Gasteiger partial charge in [0, 0.05) is 12.5 Å². The molecule has 9 heteroatoms. The molecule has 0 aromatic heterocycles. The van der Waals surface area contributed by atoms with Crippen LogP contribution in [0.1, 0.15) is 18.9 Å². The Labute approximate surface area is 155 Å². The van der Waals surface area contributed by atoms with Crippen molar-refractivity contribution in [2.45, 2.75) is 26.0 Å². The molecule has 1 heterocycles. The molecule has 0 radical (unpaired) electrons. The third-order valence-corrected chi connectivity index (χ3v) is 4.43. The van der Waals surface area contributed by atoms with E-state index in [1.165, 1.54) is 6.92 Å². The highest BCUT2D eigenvalue weighted by Gasteiger charge is 2.48. The van der Waals surface area contributed by atoms with Crippen LogP contribution in [-0.4, -0.2) is 40.7 Å². The zero-order valence-corrected chi connectivity index (χ0v) is 14.7. The molecule has 0 bridgehead atoms. The van der Waals surface area contributed by atoms with E-state index in [1.54, 1.807) is 30.5 Å². The number of β-lactam (4-membered cyclic amide) rings is 1. The number of hydrogen-bond acceptors (Lipinski definition) is 6. The highest BCUT2D eigenvalue weighted by molar-refractivity contribution is 6.62. The zero-order chi connectivity index (χ0) is 19.8. The van der Waals surface area contributed by atoms with E-state index in [4.69, 9.17) is 15.5 Å². The maximum atomic E-state index is 12.5. The lowest BCUT2D eigenvalue weighted by Crippen LogP contribution is -2.63. The Bertz CT molecular complexity index is 811. The molecule has 0 aliphatic carbocycles. The summed E-state index contributed by atoms with van der Waals surface area (Å²) >= 11 is 0. The van der Waals surface area contributed by atoms with Gasteiger partial charge in [0.25, 0.3) is 5.78 Å². The van der Waals surface area contributed by atoms with Crippen molar-refractivity contribution < 1.29 is 23.9 Å². The van der Waals surface area contributed by atoms with E-state index >= 15 is 0 Å². The average Bonchev–Trinajstić information content (AvgIpc) is 2.68. The zero-order valence-electron chi connectivity index (χ0n) is 14.7. The summed E-state index contributed by atoms with van der Waals surface area (Å²) < 4.78 is 5.03. The van der Waals surface area contributed by atoms with E-state index in [2.05, 4.69) is 15.4 Å². The van der Waals surface area contributed by atoms with Crippen molar-refractivity contribution in [1.29, 1.82) is 5.26 Å². The fourth-order valence-corrected chi connectivity index (χ4v) is 2.87. The number of benzene rings is 1. The molecule has 27 heavy (non-hydrogen) atoms. The van der Waals surface area contributed by atoms with Gasteiger partial charge in [-0.3, -0.25) is 9.59 Å². The third kappa shape index (κ3) is 4.77. The van der Waals surface area contributed by atoms with Gasteiger partial charge in [0.05, 0.1) is 12.0 Å². The molecule has 0 unspecified atom stereocenters. The molecule has 1 saturated heterocycles. The highest BCUT2D eigenvalue weighted by atomic mass is 16.5. The van der Waals surface area contributed by atoms with Crippen LogP contribution in [0.4, 0.5) is 0 Å². The lowest BCUT2D eigenvalue weighted by atomic mass is 9.77. The predicted octanol–water partition coefficient (Wildman–Crippen LogP) is 0.181. The molecule has 1 fully saturated rings. The Hall–Kier alpha value is -3.50. The molecule has 1 amide bonds. The van der Waals surface area contributed by atoms with E-state index in [1.807, 2.05) is 6.07 Å². The number of hydrogen-bond donors (Lipinski definition) is 2. The van der Waals surface area contributed by atoms with Crippen LogP contribution < -0.4 is 10.6 Å². The van der Waals surface area contributed by atoms with Crippen molar-refractivity contribution in [2.75, 3.05) is 6.54 Å². The summed E-state index contributed by atoms with van der Waals surface area (Å²) in [7, 11) is 0. The van der Waals surface area contributed by atoms with Crippen LogP contribution in [0.3, 0.4) is 0 Å². The maximum absolute atomic E-state index is 12.5. The van der Waals surface area contributed by atoms with E-state index in [9.17, 15) is 14.4 Å². The highest BCUT2D eigenvalue weighted by Crippen LogP contribution is 2.26. The number of ketones is 1. The number of ether oxygens (including phenoxy) is 1. The van der Waals surface area contributed by atoms with E-state index in [-0.39, 0.29) is 12.5 Å². The van der Waals surface area contributed by atoms with E-state index < -0.39 is 35.3 Å². The van der Waals surface area contributed by atoms with Crippen LogP contribution in [0.15, 0.2) is 30.3 Å². The van der Waals surface area contributed by atoms with E-state index in [0.717, 1.165) is 5.56 Å². The SMILES string of the molecule is C[C@@H](C(=O)C(=[N+]=[N-])C(=O)OCc1ccccc1)[C@H]1NC(=O)[C@@H]1CCNC#N. The van der Waals surface area contributed by atoms with Crippen molar-refractivity contribution in [3.05, 3.63) is 41.4 Å². The fraction of sp³-hybridized carbons (Fsp3) is 0.389. The minimum atomic E-state index is -1.04. The number of nitriles is 1. The molecule has 1 aromatic rings. The van der Waals surface area contributed by atoms with Crippen LogP contribution in [0.2, 0.25) is 0 Å². The van der Waals surface area contributed by atoms with Crippen molar-refractivity contribution in [3.8, 4) is 6.19 Å². The van der Waals surface area contributed by atoms with Crippen LogP contribution in [-0.2, 0) is 25.7 Å². The minimum Gasteiger partial charge on any atom is -0.452 e. The van der Waals surface area contributed by atoms with Gasteiger partial charge in [0.15, 0.2) is 6.19 Å². The van der Waals surface area contributed by atoms with Gasteiger partial charge >= 0.3 is 11.7 Å². The lowest BCUT2D eigenvalue weighted by Gasteiger charge is -2.39. The second kappa shape index (κ2) is 9.27. The number of esters is 1. The first kappa shape index (κ1) is 19.8. The topological polar surface area (TPSA) is 145 Å². The van der Waals surface area contributed by atoms with Gasteiger partial charge in [-0.05, 0) is 12.0 Å². The third-order valence-electron chi connectivity index (χ3n) is 4.43. The van der Waals surface area contributed by atoms with Gasteiger partial charge in [-0.2, -0.15) is 10.1 Å². The molecule has 140 valence electrons. The summed E-state index contributed by atoms with van der Waals surface area (Å²) in [5.41, 5.74) is 9.12. The Morgan fingerprint density at radius 1 is 1.41 bits per heavy atom. The normalized spacial score (nSPS) is 18.7. The van der Waals surface area contributed by atoms with Gasteiger partial charge in [-0.25, -0.2) is 4.79 Å². The summed E-state index contributed by atoms with van der Waals surface area (Å²) in [6.45, 7) is 1.77. The largest absolute Gasteiger partial charge is 0.452 e. The summed E-state index contributed by atoms with van der Waals surface area (Å²) in [6.07, 6.45) is 2.13. The molecule has 2 rings (SSSR count). The van der Waals surface area contributed by atoms with Crippen molar-refractivity contribution in [1.82, 2.24) is 10.6 Å². The molecule has 1 aliphatic heterocycles. The van der Waals surface area contributed by atoms with E-state index in [0.29, 0.717) is 13.0 Å². The maximum Gasteiger partial charge on any atom is 0.441 e. The van der Waals surface area contributed by atoms with Gasteiger partial charge in [-0.15, -0.1) is 0 Å². The fourth-order valence-electron chi connectivity index (χ4n) is 2.87. The number of amides is 1. The van der Waals surface area contributed by atoms with Gasteiger partial charge < -0.3 is 20.9 Å². The second-order valence-corrected chi connectivity index (χ2v) is 6.13.